The lowest BCUT2D eigenvalue weighted by molar-refractivity contribution is -0.147. The highest BCUT2D eigenvalue weighted by Gasteiger charge is 2.46. The lowest BCUT2D eigenvalue weighted by Gasteiger charge is -2.18. The fourth-order valence-corrected chi connectivity index (χ4v) is 2.62. The Morgan fingerprint density at radius 1 is 1.32 bits per heavy atom. The van der Waals surface area contributed by atoms with Gasteiger partial charge in [-0.3, -0.25) is 14.3 Å². The first-order valence-electron chi connectivity index (χ1n) is 6.91. The molecule has 11 heteroatoms. The van der Waals surface area contributed by atoms with E-state index in [1.54, 1.807) is 0 Å². The van der Waals surface area contributed by atoms with Crippen LogP contribution in [0, 0.1) is 6.92 Å². The molecule has 0 spiro atoms. The Morgan fingerprint density at radius 3 is 2.32 bits per heavy atom. The van der Waals surface area contributed by atoms with Crippen molar-refractivity contribution in [3.05, 3.63) is 23.3 Å². The third-order valence-corrected chi connectivity index (χ3v) is 4.26. The predicted octanol–water partition coefficient (Wildman–Crippen LogP) is 2.20. The van der Waals surface area contributed by atoms with E-state index in [1.807, 2.05) is 0 Å². The quantitative estimate of drug-likeness (QED) is 0.443. The van der Waals surface area contributed by atoms with Gasteiger partial charge in [-0.25, -0.2) is 0 Å². The van der Waals surface area contributed by atoms with Crippen molar-refractivity contribution in [1.82, 2.24) is 0 Å². The maximum atomic E-state index is 12.5. The molecule has 1 aromatic carbocycles. The highest BCUT2D eigenvalue weighted by Crippen LogP contribution is 2.35. The van der Waals surface area contributed by atoms with E-state index in [0.717, 1.165) is 19.1 Å². The Kier molecular flexibility index (Phi) is 6.05. The minimum absolute atomic E-state index is 0.0414. The zero-order valence-corrected chi connectivity index (χ0v) is 14.3. The number of rotatable bonds is 6. The number of alkyl halides is 3. The van der Waals surface area contributed by atoms with Crippen LogP contribution in [0.3, 0.4) is 0 Å². The van der Waals surface area contributed by atoms with E-state index >= 15 is 0 Å². The van der Waals surface area contributed by atoms with Gasteiger partial charge in [-0.1, -0.05) is 0 Å². The Hall–Kier alpha value is -2.30. The third kappa shape index (κ3) is 4.62. The van der Waals surface area contributed by atoms with Gasteiger partial charge in [0.2, 0.25) is 0 Å². The molecule has 1 rings (SSSR count). The molecule has 1 aromatic rings. The Labute approximate surface area is 141 Å². The van der Waals surface area contributed by atoms with Gasteiger partial charge in [-0.05, 0) is 38.5 Å². The SMILES string of the molecule is CCOC(=O)C(C(C)=O)c1cc(NS(=O)(=O)C(F)(F)F)c(C)cc1O. The van der Waals surface area contributed by atoms with Crippen molar-refractivity contribution in [2.24, 2.45) is 0 Å². The van der Waals surface area contributed by atoms with Gasteiger partial charge in [0.05, 0.1) is 12.3 Å². The Balaban J connectivity index is 3.45. The van der Waals surface area contributed by atoms with E-state index in [9.17, 15) is 36.3 Å². The second-order valence-electron chi connectivity index (χ2n) is 5.07. The molecular weight excluding hydrogens is 367 g/mol. The number of hydrogen-bond acceptors (Lipinski definition) is 6. The lowest BCUT2D eigenvalue weighted by Crippen LogP contribution is -2.30. The van der Waals surface area contributed by atoms with Crippen LogP contribution in [-0.4, -0.2) is 37.4 Å². The average Bonchev–Trinajstić information content (AvgIpc) is 2.42. The summed E-state index contributed by atoms with van der Waals surface area (Å²) in [7, 11) is -5.71. The summed E-state index contributed by atoms with van der Waals surface area (Å²) in [4.78, 5) is 23.6. The Morgan fingerprint density at radius 2 is 1.88 bits per heavy atom. The molecule has 0 radical (unpaired) electrons. The molecule has 1 atom stereocenters. The molecule has 0 heterocycles. The highest BCUT2D eigenvalue weighted by atomic mass is 32.2. The second-order valence-corrected chi connectivity index (χ2v) is 6.75. The molecule has 0 saturated heterocycles. The van der Waals surface area contributed by atoms with Gasteiger partial charge in [0, 0.05) is 5.56 Å². The maximum absolute atomic E-state index is 12.5. The topological polar surface area (TPSA) is 110 Å². The third-order valence-electron chi connectivity index (χ3n) is 3.16. The zero-order valence-electron chi connectivity index (χ0n) is 13.5. The van der Waals surface area contributed by atoms with Crippen molar-refractivity contribution in [2.75, 3.05) is 11.3 Å². The van der Waals surface area contributed by atoms with Gasteiger partial charge in [0.1, 0.15) is 17.5 Å². The molecule has 0 aliphatic rings. The Bertz CT molecular complexity index is 788. The maximum Gasteiger partial charge on any atom is 0.516 e. The minimum atomic E-state index is -5.71. The van der Waals surface area contributed by atoms with Crippen LogP contribution in [0.4, 0.5) is 18.9 Å². The fraction of sp³-hybridized carbons (Fsp3) is 0.429. The predicted molar refractivity (Wildman–Crippen MR) is 81.5 cm³/mol. The molecule has 0 aromatic heterocycles. The van der Waals surface area contributed by atoms with Crippen molar-refractivity contribution in [1.29, 1.82) is 0 Å². The van der Waals surface area contributed by atoms with Crippen molar-refractivity contribution in [2.45, 2.75) is 32.2 Å². The first kappa shape index (κ1) is 20.7. The van der Waals surface area contributed by atoms with Gasteiger partial charge in [-0.15, -0.1) is 0 Å². The summed E-state index contributed by atoms with van der Waals surface area (Å²) in [5, 5.41) is 9.95. The smallest absolute Gasteiger partial charge is 0.508 e. The number of esters is 1. The number of hydrogen-bond donors (Lipinski definition) is 2. The molecule has 2 N–H and O–H groups in total. The van der Waals surface area contributed by atoms with Gasteiger partial charge >= 0.3 is 21.5 Å². The number of benzene rings is 1. The lowest BCUT2D eigenvalue weighted by atomic mass is 9.93. The summed E-state index contributed by atoms with van der Waals surface area (Å²) in [6.07, 6.45) is 0. The largest absolute Gasteiger partial charge is 0.516 e. The normalized spacial score (nSPS) is 13.2. The molecule has 1 unspecified atom stereocenters. The van der Waals surface area contributed by atoms with E-state index in [4.69, 9.17) is 4.74 Å². The van der Waals surface area contributed by atoms with E-state index in [0.29, 0.717) is 0 Å². The number of halogens is 3. The number of aryl methyl sites for hydroxylation is 1. The van der Waals surface area contributed by atoms with Gasteiger partial charge in [0.25, 0.3) is 0 Å². The number of ketones is 1. The number of nitrogens with one attached hydrogen (secondary N) is 1. The van der Waals surface area contributed by atoms with Crippen LogP contribution in [0.25, 0.3) is 0 Å². The number of ether oxygens (including phenoxy) is 1. The number of carbonyl (C=O) groups excluding carboxylic acids is 2. The van der Waals surface area contributed by atoms with Crippen molar-refractivity contribution < 1.29 is 41.0 Å². The average molecular weight is 383 g/mol. The van der Waals surface area contributed by atoms with Crippen LogP contribution < -0.4 is 4.72 Å². The summed E-state index contributed by atoms with van der Waals surface area (Å²) >= 11 is 0. The van der Waals surface area contributed by atoms with Crippen molar-refractivity contribution in [3.8, 4) is 5.75 Å². The van der Waals surface area contributed by atoms with E-state index in [2.05, 4.69) is 0 Å². The highest BCUT2D eigenvalue weighted by molar-refractivity contribution is 7.93. The summed E-state index contributed by atoms with van der Waals surface area (Å²) < 4.78 is 66.1. The second kappa shape index (κ2) is 7.30. The van der Waals surface area contributed by atoms with E-state index in [-0.39, 0.29) is 17.7 Å². The monoisotopic (exact) mass is 383 g/mol. The number of Topliss-reactive ketones (excluding diaryl/α,β-unsaturated/α-hetero) is 1. The van der Waals surface area contributed by atoms with Crippen LogP contribution in [-0.2, 0) is 24.3 Å². The number of phenolic OH excluding ortho intramolecular Hbond substituents is 1. The van der Waals surface area contributed by atoms with Gasteiger partial charge < -0.3 is 9.84 Å². The molecular formula is C14H16F3NO6S. The van der Waals surface area contributed by atoms with Gasteiger partial charge in [-0.2, -0.15) is 21.6 Å². The first-order valence-corrected chi connectivity index (χ1v) is 8.39. The molecule has 0 saturated carbocycles. The van der Waals surface area contributed by atoms with Crippen molar-refractivity contribution in [3.63, 3.8) is 0 Å². The van der Waals surface area contributed by atoms with E-state index < -0.39 is 44.6 Å². The number of carbonyl (C=O) groups is 2. The van der Waals surface area contributed by atoms with Crippen LogP contribution in [0.15, 0.2) is 12.1 Å². The number of phenols is 1. The molecule has 0 amide bonds. The van der Waals surface area contributed by atoms with Crippen LogP contribution in [0.5, 0.6) is 5.75 Å². The van der Waals surface area contributed by atoms with Crippen molar-refractivity contribution >= 4 is 27.5 Å². The molecule has 0 aliphatic carbocycles. The number of aromatic hydroxyl groups is 1. The standard InChI is InChI=1S/C14H16F3NO6S/c1-4-24-13(21)12(8(3)19)9-6-10(7(2)5-11(9)20)18-25(22,23)14(15,16)17/h5-6,12,18,20H,4H2,1-3H3. The summed E-state index contributed by atoms with van der Waals surface area (Å²) in [5.74, 6) is -3.91. The summed E-state index contributed by atoms with van der Waals surface area (Å²) in [6.45, 7) is 3.68. The molecule has 0 bridgehead atoms. The molecule has 7 nitrogen and oxygen atoms in total. The zero-order chi connectivity index (χ0) is 19.6. The molecule has 0 fully saturated rings. The summed E-state index contributed by atoms with van der Waals surface area (Å²) in [6, 6.07) is 1.75. The van der Waals surface area contributed by atoms with Crippen LogP contribution >= 0.6 is 0 Å². The minimum Gasteiger partial charge on any atom is -0.508 e. The molecule has 25 heavy (non-hydrogen) atoms. The van der Waals surface area contributed by atoms with Crippen LogP contribution in [0.1, 0.15) is 30.9 Å². The number of anilines is 1. The van der Waals surface area contributed by atoms with Gasteiger partial charge in [0.15, 0.2) is 0 Å². The molecule has 140 valence electrons. The summed E-state index contributed by atoms with van der Waals surface area (Å²) in [5.41, 5.74) is -6.49. The molecule has 0 aliphatic heterocycles. The fourth-order valence-electron chi connectivity index (χ4n) is 1.99. The van der Waals surface area contributed by atoms with E-state index in [1.165, 1.54) is 18.6 Å². The van der Waals surface area contributed by atoms with Crippen LogP contribution in [0.2, 0.25) is 0 Å². The first-order chi connectivity index (χ1) is 11.3. The number of sulfonamides is 1.